The molecule has 0 aromatic carbocycles. The largest absolute Gasteiger partial charge is 0.324 e. The summed E-state index contributed by atoms with van der Waals surface area (Å²) < 4.78 is 0. The molecule has 4 heteroatoms. The number of imide groups is 1. The Morgan fingerprint density at radius 3 is 1.67 bits per heavy atom. The smallest absolute Gasteiger partial charge is 0.324 e. The molecule has 1 rings (SSSR count). The minimum absolute atomic E-state index is 0.141. The van der Waals surface area contributed by atoms with E-state index in [0.717, 1.165) is 13.0 Å². The highest BCUT2D eigenvalue weighted by atomic mass is 16.2. The molecule has 140 valence electrons. The minimum Gasteiger partial charge on any atom is -0.324 e. The van der Waals surface area contributed by atoms with Crippen molar-refractivity contribution in [1.29, 1.82) is 0 Å². The van der Waals surface area contributed by atoms with E-state index in [2.05, 4.69) is 12.2 Å². The third kappa shape index (κ3) is 10.7. The maximum Gasteiger partial charge on any atom is 0.324 e. The average molecular weight is 339 g/mol. The fraction of sp³-hybridized carbons (Fsp3) is 0.900. The number of nitrogens with zero attached hydrogens (tertiary/aromatic N) is 1. The van der Waals surface area contributed by atoms with Gasteiger partial charge in [-0.05, 0) is 6.42 Å². The molecule has 3 amide bonds. The van der Waals surface area contributed by atoms with Gasteiger partial charge in [-0.1, -0.05) is 90.4 Å². The SMILES string of the molecule is CCCCCCCCCCCCCCCCN1CCC(=O)NC1=O. The summed E-state index contributed by atoms with van der Waals surface area (Å²) in [6.45, 7) is 3.65. The van der Waals surface area contributed by atoms with Gasteiger partial charge < -0.3 is 4.90 Å². The van der Waals surface area contributed by atoms with Crippen molar-refractivity contribution in [3.8, 4) is 0 Å². The lowest BCUT2D eigenvalue weighted by molar-refractivity contribution is -0.121. The van der Waals surface area contributed by atoms with Gasteiger partial charge in [0.05, 0.1) is 0 Å². The number of hydrogen-bond acceptors (Lipinski definition) is 2. The van der Waals surface area contributed by atoms with Gasteiger partial charge in [0.1, 0.15) is 0 Å². The fourth-order valence-electron chi connectivity index (χ4n) is 3.31. The van der Waals surface area contributed by atoms with Gasteiger partial charge in [0.25, 0.3) is 0 Å². The number of hydrogen-bond donors (Lipinski definition) is 1. The van der Waals surface area contributed by atoms with Gasteiger partial charge in [-0.3, -0.25) is 10.1 Å². The zero-order valence-corrected chi connectivity index (χ0v) is 15.8. The molecule has 0 spiro atoms. The Morgan fingerprint density at radius 1 is 0.750 bits per heavy atom. The zero-order valence-electron chi connectivity index (χ0n) is 15.8. The Hall–Kier alpha value is -1.06. The predicted molar refractivity (Wildman–Crippen MR) is 100 cm³/mol. The number of carbonyl (C=O) groups excluding carboxylic acids is 2. The van der Waals surface area contributed by atoms with Gasteiger partial charge in [0.15, 0.2) is 0 Å². The van der Waals surface area contributed by atoms with Crippen molar-refractivity contribution in [2.75, 3.05) is 13.1 Å². The molecule has 24 heavy (non-hydrogen) atoms. The topological polar surface area (TPSA) is 49.4 Å². The van der Waals surface area contributed by atoms with E-state index in [1.807, 2.05) is 0 Å². The van der Waals surface area contributed by atoms with E-state index < -0.39 is 0 Å². The molecule has 1 fully saturated rings. The quantitative estimate of drug-likeness (QED) is 0.406. The Morgan fingerprint density at radius 2 is 1.21 bits per heavy atom. The van der Waals surface area contributed by atoms with Crippen LogP contribution >= 0.6 is 0 Å². The Balaban J connectivity index is 1.78. The van der Waals surface area contributed by atoms with Crippen LogP contribution in [-0.2, 0) is 4.79 Å². The molecule has 1 N–H and O–H groups in total. The van der Waals surface area contributed by atoms with E-state index in [9.17, 15) is 9.59 Å². The highest BCUT2D eigenvalue weighted by Crippen LogP contribution is 2.13. The number of nitrogens with one attached hydrogen (secondary N) is 1. The van der Waals surface area contributed by atoms with E-state index in [1.54, 1.807) is 4.90 Å². The second kappa shape index (κ2) is 14.3. The van der Waals surface area contributed by atoms with E-state index in [1.165, 1.54) is 83.5 Å². The second-order valence-corrected chi connectivity index (χ2v) is 7.19. The van der Waals surface area contributed by atoms with Crippen molar-refractivity contribution in [1.82, 2.24) is 10.2 Å². The number of urea groups is 1. The van der Waals surface area contributed by atoms with E-state index in [-0.39, 0.29) is 11.9 Å². The first-order valence-electron chi connectivity index (χ1n) is 10.3. The first-order chi connectivity index (χ1) is 11.7. The van der Waals surface area contributed by atoms with Crippen LogP contribution in [0, 0.1) is 0 Å². The summed E-state index contributed by atoms with van der Waals surface area (Å²) in [6.07, 6.45) is 19.3. The summed E-state index contributed by atoms with van der Waals surface area (Å²) in [5.74, 6) is -0.141. The Labute approximate surface area is 148 Å². The van der Waals surface area contributed by atoms with Crippen molar-refractivity contribution in [2.45, 2.75) is 103 Å². The molecule has 0 saturated carbocycles. The van der Waals surface area contributed by atoms with Gasteiger partial charge in [-0.2, -0.15) is 0 Å². The zero-order chi connectivity index (χ0) is 17.5. The number of unbranched alkanes of at least 4 members (excludes halogenated alkanes) is 13. The van der Waals surface area contributed by atoms with E-state index in [4.69, 9.17) is 0 Å². The molecule has 0 aliphatic carbocycles. The lowest BCUT2D eigenvalue weighted by Crippen LogP contribution is -2.49. The monoisotopic (exact) mass is 338 g/mol. The van der Waals surface area contributed by atoms with Crippen LogP contribution in [0.2, 0.25) is 0 Å². The molecule has 0 aromatic heterocycles. The number of amides is 3. The fourth-order valence-corrected chi connectivity index (χ4v) is 3.31. The number of rotatable bonds is 15. The summed E-state index contributed by atoms with van der Waals surface area (Å²) >= 11 is 0. The Kier molecular flexibility index (Phi) is 12.5. The van der Waals surface area contributed by atoms with Crippen LogP contribution in [0.5, 0.6) is 0 Å². The number of carbonyl (C=O) groups is 2. The molecule has 0 atom stereocenters. The highest BCUT2D eigenvalue weighted by Gasteiger charge is 2.21. The highest BCUT2D eigenvalue weighted by molar-refractivity contribution is 5.96. The molecule has 4 nitrogen and oxygen atoms in total. The van der Waals surface area contributed by atoms with E-state index >= 15 is 0 Å². The standard InChI is InChI=1S/C20H38N2O2/c1-2-3-4-5-6-7-8-9-10-11-12-13-14-15-17-22-18-16-19(23)21-20(22)24/h2-18H2,1H3,(H,21,23,24). The van der Waals surface area contributed by atoms with E-state index in [0.29, 0.717) is 13.0 Å². The average Bonchev–Trinajstić information content (AvgIpc) is 2.57. The lowest BCUT2D eigenvalue weighted by Gasteiger charge is -2.26. The summed E-state index contributed by atoms with van der Waals surface area (Å²) in [4.78, 5) is 24.4. The summed E-state index contributed by atoms with van der Waals surface area (Å²) in [7, 11) is 0. The summed E-state index contributed by atoms with van der Waals surface area (Å²) in [5.41, 5.74) is 0. The van der Waals surface area contributed by atoms with Gasteiger partial charge >= 0.3 is 6.03 Å². The van der Waals surface area contributed by atoms with Crippen LogP contribution in [0.15, 0.2) is 0 Å². The van der Waals surface area contributed by atoms with Crippen LogP contribution in [0.4, 0.5) is 4.79 Å². The van der Waals surface area contributed by atoms with Crippen LogP contribution in [0.3, 0.4) is 0 Å². The molecule has 1 aliphatic rings. The first kappa shape index (κ1) is 21.0. The summed E-state index contributed by atoms with van der Waals surface area (Å²) in [6, 6.07) is -0.207. The minimum atomic E-state index is -0.207. The third-order valence-electron chi connectivity index (χ3n) is 4.92. The third-order valence-corrected chi connectivity index (χ3v) is 4.92. The normalized spacial score (nSPS) is 15.0. The maximum absolute atomic E-state index is 11.6. The van der Waals surface area contributed by atoms with Gasteiger partial charge in [0.2, 0.25) is 5.91 Å². The molecule has 1 aliphatic heterocycles. The predicted octanol–water partition coefficient (Wildman–Crippen LogP) is 5.41. The van der Waals surface area contributed by atoms with Gasteiger partial charge in [-0.25, -0.2) is 4.79 Å². The summed E-state index contributed by atoms with van der Waals surface area (Å²) in [5, 5.41) is 2.38. The molecule has 1 heterocycles. The van der Waals surface area contributed by atoms with Crippen molar-refractivity contribution in [3.05, 3.63) is 0 Å². The van der Waals surface area contributed by atoms with Crippen molar-refractivity contribution in [3.63, 3.8) is 0 Å². The maximum atomic E-state index is 11.6. The first-order valence-corrected chi connectivity index (χ1v) is 10.3. The lowest BCUT2D eigenvalue weighted by atomic mass is 10.0. The van der Waals surface area contributed by atoms with Gasteiger partial charge in [-0.15, -0.1) is 0 Å². The van der Waals surface area contributed by atoms with Crippen LogP contribution < -0.4 is 5.32 Å². The van der Waals surface area contributed by atoms with Crippen LogP contribution in [-0.4, -0.2) is 29.9 Å². The molecule has 0 radical (unpaired) electrons. The second-order valence-electron chi connectivity index (χ2n) is 7.19. The molecular formula is C20H38N2O2. The van der Waals surface area contributed by atoms with Crippen LogP contribution in [0.1, 0.15) is 103 Å². The van der Waals surface area contributed by atoms with Crippen LogP contribution in [0.25, 0.3) is 0 Å². The molecule has 0 unspecified atom stereocenters. The molecule has 1 saturated heterocycles. The molecule has 0 aromatic rings. The molecular weight excluding hydrogens is 300 g/mol. The van der Waals surface area contributed by atoms with Crippen molar-refractivity contribution >= 4 is 11.9 Å². The van der Waals surface area contributed by atoms with Gasteiger partial charge in [0, 0.05) is 19.5 Å². The van der Waals surface area contributed by atoms with Crippen molar-refractivity contribution < 1.29 is 9.59 Å². The molecule has 0 bridgehead atoms. The van der Waals surface area contributed by atoms with Crippen molar-refractivity contribution in [2.24, 2.45) is 0 Å². The Bertz CT molecular complexity index is 345.